The van der Waals surface area contributed by atoms with Crippen LogP contribution in [0.5, 0.6) is 0 Å². The third kappa shape index (κ3) is 3.01. The molecule has 0 bridgehead atoms. The summed E-state index contributed by atoms with van der Waals surface area (Å²) in [6.45, 7) is 4.80. The van der Waals surface area contributed by atoms with E-state index in [-0.39, 0.29) is 18.2 Å². The number of fused-ring (bicyclic) bond motifs is 1. The van der Waals surface area contributed by atoms with Gasteiger partial charge in [-0.05, 0) is 44.0 Å². The van der Waals surface area contributed by atoms with E-state index in [1.807, 2.05) is 25.1 Å². The third-order valence-corrected chi connectivity index (χ3v) is 4.35. The second kappa shape index (κ2) is 6.16. The molecule has 0 unspecified atom stereocenters. The minimum Gasteiger partial charge on any atom is -0.442 e. The number of amides is 2. The van der Waals surface area contributed by atoms with E-state index in [0.717, 1.165) is 29.8 Å². The number of rotatable bonds is 4. The zero-order valence-electron chi connectivity index (χ0n) is 13.1. The number of nitrogens with one attached hydrogen (secondary N) is 1. The highest BCUT2D eigenvalue weighted by Gasteiger charge is 2.33. The molecule has 0 spiro atoms. The lowest BCUT2D eigenvalue weighted by Crippen LogP contribution is -2.32. The molecule has 0 saturated carbocycles. The standard InChI is InChI=1S/C16H19N3O3S/c1-10-5-12-6-13(3-4-15(12)19(10)9-20)18-8-14(22-16(18)21)7-17-11(2)23/h3-4,6,9-10,14H,5,7-8H2,1-2H3,(H,17,23)/t10-,14-/m0/s1. The topological polar surface area (TPSA) is 61.9 Å². The first-order chi connectivity index (χ1) is 11.0. The molecule has 2 atom stereocenters. The average Bonchev–Trinajstić information content (AvgIpc) is 3.03. The normalized spacial score (nSPS) is 22.8. The molecule has 1 fully saturated rings. The highest BCUT2D eigenvalue weighted by Crippen LogP contribution is 2.35. The molecule has 2 aliphatic rings. The average molecular weight is 333 g/mol. The molecule has 0 aliphatic carbocycles. The summed E-state index contributed by atoms with van der Waals surface area (Å²) in [4.78, 5) is 27.3. The summed E-state index contributed by atoms with van der Waals surface area (Å²) in [5, 5.41) is 3.02. The van der Waals surface area contributed by atoms with Gasteiger partial charge in [-0.3, -0.25) is 9.69 Å². The number of ether oxygens (including phenoxy) is 1. The fraction of sp³-hybridized carbons (Fsp3) is 0.438. The molecule has 1 N–H and O–H groups in total. The summed E-state index contributed by atoms with van der Waals surface area (Å²) in [7, 11) is 0. The van der Waals surface area contributed by atoms with Gasteiger partial charge >= 0.3 is 6.09 Å². The van der Waals surface area contributed by atoms with E-state index in [0.29, 0.717) is 18.1 Å². The quantitative estimate of drug-likeness (QED) is 0.673. The van der Waals surface area contributed by atoms with Crippen molar-refractivity contribution in [2.24, 2.45) is 0 Å². The Morgan fingerprint density at radius 3 is 3.00 bits per heavy atom. The van der Waals surface area contributed by atoms with E-state index < -0.39 is 0 Å². The molecule has 2 amide bonds. The number of hydrogen-bond acceptors (Lipinski definition) is 4. The molecule has 3 rings (SSSR count). The van der Waals surface area contributed by atoms with Gasteiger partial charge in [0, 0.05) is 17.4 Å². The number of carbonyl (C=O) groups is 2. The van der Waals surface area contributed by atoms with E-state index >= 15 is 0 Å². The van der Waals surface area contributed by atoms with Crippen LogP contribution in [-0.2, 0) is 16.0 Å². The first-order valence-electron chi connectivity index (χ1n) is 7.58. The maximum atomic E-state index is 12.1. The highest BCUT2D eigenvalue weighted by atomic mass is 32.1. The van der Waals surface area contributed by atoms with Crippen LogP contribution in [0.2, 0.25) is 0 Å². The van der Waals surface area contributed by atoms with Crippen LogP contribution in [0.25, 0.3) is 0 Å². The smallest absolute Gasteiger partial charge is 0.414 e. The molecule has 7 heteroatoms. The van der Waals surface area contributed by atoms with Crippen molar-refractivity contribution in [3.63, 3.8) is 0 Å². The monoisotopic (exact) mass is 333 g/mol. The lowest BCUT2D eigenvalue weighted by atomic mass is 10.1. The van der Waals surface area contributed by atoms with E-state index in [1.165, 1.54) is 0 Å². The van der Waals surface area contributed by atoms with Gasteiger partial charge in [0.05, 0.1) is 18.1 Å². The fourth-order valence-electron chi connectivity index (χ4n) is 3.07. The van der Waals surface area contributed by atoms with Gasteiger partial charge < -0.3 is 15.0 Å². The molecule has 0 radical (unpaired) electrons. The summed E-state index contributed by atoms with van der Waals surface area (Å²) < 4.78 is 5.36. The van der Waals surface area contributed by atoms with Crippen LogP contribution in [0.1, 0.15) is 19.4 Å². The SMILES string of the molecule is CC(=S)NC[C@H]1CN(c2ccc3c(c2)C[C@H](C)N3C=O)C(=O)O1. The summed E-state index contributed by atoms with van der Waals surface area (Å²) in [6.07, 6.45) is 1.08. The number of anilines is 2. The molecule has 1 saturated heterocycles. The molecule has 1 aromatic carbocycles. The molecule has 122 valence electrons. The molecule has 0 aromatic heterocycles. The Bertz CT molecular complexity index is 664. The van der Waals surface area contributed by atoms with Crippen LogP contribution in [0.15, 0.2) is 18.2 Å². The van der Waals surface area contributed by atoms with Crippen LogP contribution in [0.4, 0.5) is 16.2 Å². The Balaban J connectivity index is 1.76. The molecule has 6 nitrogen and oxygen atoms in total. The van der Waals surface area contributed by atoms with Crippen LogP contribution in [0.3, 0.4) is 0 Å². The zero-order valence-corrected chi connectivity index (χ0v) is 13.9. The second-order valence-corrected chi connectivity index (χ2v) is 6.54. The lowest BCUT2D eigenvalue weighted by molar-refractivity contribution is -0.107. The molecule has 2 heterocycles. The Kier molecular flexibility index (Phi) is 4.21. The number of cyclic esters (lactones) is 1. The Labute approximate surface area is 140 Å². The van der Waals surface area contributed by atoms with Crippen LogP contribution < -0.4 is 15.1 Å². The Morgan fingerprint density at radius 2 is 2.30 bits per heavy atom. The molecule has 1 aromatic rings. The van der Waals surface area contributed by atoms with E-state index in [9.17, 15) is 9.59 Å². The minimum absolute atomic E-state index is 0.144. The van der Waals surface area contributed by atoms with Gasteiger partial charge in [0.1, 0.15) is 6.10 Å². The minimum atomic E-state index is -0.350. The molecule has 2 aliphatic heterocycles. The highest BCUT2D eigenvalue weighted by molar-refractivity contribution is 7.80. The summed E-state index contributed by atoms with van der Waals surface area (Å²) in [5.74, 6) is 0. The number of carbonyl (C=O) groups excluding carboxylic acids is 2. The molecular formula is C16H19N3O3S. The van der Waals surface area contributed by atoms with Crippen molar-refractivity contribution in [2.75, 3.05) is 22.9 Å². The van der Waals surface area contributed by atoms with E-state index in [2.05, 4.69) is 5.32 Å². The predicted octanol–water partition coefficient (Wildman–Crippen LogP) is 1.86. The van der Waals surface area contributed by atoms with Crippen molar-refractivity contribution < 1.29 is 14.3 Å². The van der Waals surface area contributed by atoms with Gasteiger partial charge in [-0.2, -0.15) is 0 Å². The van der Waals surface area contributed by atoms with Gasteiger partial charge in [-0.25, -0.2) is 4.79 Å². The van der Waals surface area contributed by atoms with Gasteiger partial charge in [0.15, 0.2) is 0 Å². The maximum absolute atomic E-state index is 12.1. The summed E-state index contributed by atoms with van der Waals surface area (Å²) >= 11 is 4.97. The van der Waals surface area contributed by atoms with E-state index in [4.69, 9.17) is 17.0 Å². The first-order valence-corrected chi connectivity index (χ1v) is 7.99. The lowest BCUT2D eigenvalue weighted by Gasteiger charge is -2.17. The van der Waals surface area contributed by atoms with Crippen molar-refractivity contribution in [1.82, 2.24) is 5.32 Å². The fourth-order valence-corrected chi connectivity index (χ4v) is 3.15. The Hall–Kier alpha value is -2.15. The van der Waals surface area contributed by atoms with Crippen LogP contribution >= 0.6 is 12.2 Å². The van der Waals surface area contributed by atoms with Crippen LogP contribution in [-0.4, -0.2) is 42.7 Å². The number of hydrogen-bond donors (Lipinski definition) is 1. The van der Waals surface area contributed by atoms with Gasteiger partial charge in [0.25, 0.3) is 0 Å². The Morgan fingerprint density at radius 1 is 1.52 bits per heavy atom. The van der Waals surface area contributed by atoms with Crippen molar-refractivity contribution in [3.8, 4) is 0 Å². The third-order valence-electron chi connectivity index (χ3n) is 4.21. The molecular weight excluding hydrogens is 314 g/mol. The second-order valence-electron chi connectivity index (χ2n) is 5.93. The predicted molar refractivity (Wildman–Crippen MR) is 92.0 cm³/mol. The van der Waals surface area contributed by atoms with Crippen molar-refractivity contribution >= 4 is 41.1 Å². The van der Waals surface area contributed by atoms with Crippen molar-refractivity contribution in [1.29, 1.82) is 0 Å². The van der Waals surface area contributed by atoms with E-state index in [1.54, 1.807) is 16.7 Å². The first kappa shape index (κ1) is 15.7. The number of nitrogens with zero attached hydrogens (tertiary/aromatic N) is 2. The van der Waals surface area contributed by atoms with Crippen LogP contribution in [0, 0.1) is 0 Å². The van der Waals surface area contributed by atoms with Crippen molar-refractivity contribution in [3.05, 3.63) is 23.8 Å². The molecule has 23 heavy (non-hydrogen) atoms. The van der Waals surface area contributed by atoms with Gasteiger partial charge in [0.2, 0.25) is 6.41 Å². The largest absolute Gasteiger partial charge is 0.442 e. The maximum Gasteiger partial charge on any atom is 0.414 e. The summed E-state index contributed by atoms with van der Waals surface area (Å²) in [5.41, 5.74) is 2.79. The van der Waals surface area contributed by atoms with Crippen molar-refractivity contribution in [2.45, 2.75) is 32.4 Å². The number of thiocarbonyl (C=S) groups is 1. The van der Waals surface area contributed by atoms with Gasteiger partial charge in [-0.15, -0.1) is 0 Å². The van der Waals surface area contributed by atoms with Gasteiger partial charge in [-0.1, -0.05) is 12.2 Å². The summed E-state index contributed by atoms with van der Waals surface area (Å²) in [6, 6.07) is 5.86. The number of benzene rings is 1. The zero-order chi connectivity index (χ0) is 16.6.